The molecule has 6 nitrogen and oxygen atoms in total. The molecule has 0 unspecified atom stereocenters. The minimum Gasteiger partial charge on any atom is -0.391 e. The Labute approximate surface area is 184 Å². The number of likely N-dealkylation sites (N-methyl/N-ethyl adjacent to an activating group) is 1. The van der Waals surface area contributed by atoms with Gasteiger partial charge >= 0.3 is 4.87 Å². The number of aromatic nitrogens is 1. The van der Waals surface area contributed by atoms with Crippen molar-refractivity contribution in [1.82, 2.24) is 8.87 Å². The lowest BCUT2D eigenvalue weighted by atomic mass is 9.93. The van der Waals surface area contributed by atoms with Crippen molar-refractivity contribution in [3.05, 3.63) is 62.7 Å². The lowest BCUT2D eigenvalue weighted by molar-refractivity contribution is 0.0638. The number of halogens is 1. The van der Waals surface area contributed by atoms with Crippen LogP contribution in [0.3, 0.4) is 0 Å². The zero-order chi connectivity index (χ0) is 21.5. The molecule has 1 fully saturated rings. The van der Waals surface area contributed by atoms with Gasteiger partial charge in [-0.1, -0.05) is 54.0 Å². The van der Waals surface area contributed by atoms with E-state index in [1.54, 1.807) is 22.8 Å². The molecule has 0 saturated heterocycles. The summed E-state index contributed by atoms with van der Waals surface area (Å²) in [6.45, 7) is 0.318. The van der Waals surface area contributed by atoms with Crippen LogP contribution < -0.4 is 4.87 Å². The van der Waals surface area contributed by atoms with Gasteiger partial charge in [0.05, 0.1) is 33.8 Å². The second-order valence-corrected chi connectivity index (χ2v) is 11.0. The number of rotatable bonds is 5. The maximum absolute atomic E-state index is 13.2. The highest BCUT2D eigenvalue weighted by molar-refractivity contribution is 7.89. The molecule has 2 aromatic carbocycles. The smallest absolute Gasteiger partial charge is 0.308 e. The number of hydrogen-bond acceptors (Lipinski definition) is 5. The van der Waals surface area contributed by atoms with Gasteiger partial charge < -0.3 is 5.11 Å². The molecule has 0 amide bonds. The second kappa shape index (κ2) is 8.43. The van der Waals surface area contributed by atoms with E-state index in [1.165, 1.54) is 17.4 Å². The van der Waals surface area contributed by atoms with Crippen LogP contribution in [-0.4, -0.2) is 41.6 Å². The van der Waals surface area contributed by atoms with Crippen molar-refractivity contribution in [2.24, 2.45) is 0 Å². The fourth-order valence-corrected chi connectivity index (χ4v) is 6.66. The zero-order valence-electron chi connectivity index (χ0n) is 16.5. The quantitative estimate of drug-likeness (QED) is 0.622. The Kier molecular flexibility index (Phi) is 6.05. The first-order valence-electron chi connectivity index (χ1n) is 9.82. The van der Waals surface area contributed by atoms with Gasteiger partial charge in [0, 0.05) is 12.1 Å². The first-order chi connectivity index (χ1) is 14.3. The van der Waals surface area contributed by atoms with E-state index in [-0.39, 0.29) is 9.77 Å². The molecule has 2 atom stereocenters. The van der Waals surface area contributed by atoms with Gasteiger partial charge in [0.15, 0.2) is 0 Å². The van der Waals surface area contributed by atoms with E-state index in [2.05, 4.69) is 0 Å². The molecule has 3 aromatic rings. The average molecular weight is 467 g/mol. The van der Waals surface area contributed by atoms with Crippen LogP contribution in [0.4, 0.5) is 0 Å². The summed E-state index contributed by atoms with van der Waals surface area (Å²) in [4.78, 5) is 12.5. The minimum atomic E-state index is -3.78. The second-order valence-electron chi connectivity index (χ2n) is 7.62. The first-order valence-corrected chi connectivity index (χ1v) is 12.5. The normalized spacial score (nSPS) is 20.1. The molecule has 0 aliphatic heterocycles. The van der Waals surface area contributed by atoms with Gasteiger partial charge in [-0.15, -0.1) is 0 Å². The summed E-state index contributed by atoms with van der Waals surface area (Å²) in [6.07, 6.45) is 2.39. The summed E-state index contributed by atoms with van der Waals surface area (Å²) in [7, 11) is -2.27. The van der Waals surface area contributed by atoms with Crippen LogP contribution in [0.5, 0.6) is 0 Å². The Bertz CT molecular complexity index is 1240. The van der Waals surface area contributed by atoms with E-state index in [0.29, 0.717) is 34.6 Å². The molecule has 4 rings (SSSR count). The van der Waals surface area contributed by atoms with Crippen LogP contribution in [-0.2, 0) is 16.6 Å². The summed E-state index contributed by atoms with van der Waals surface area (Å²) < 4.78 is 29.8. The fourth-order valence-electron chi connectivity index (χ4n) is 4.01. The summed E-state index contributed by atoms with van der Waals surface area (Å²) in [5, 5.41) is 10.8. The maximum atomic E-state index is 13.2. The first kappa shape index (κ1) is 21.5. The van der Waals surface area contributed by atoms with E-state index in [1.807, 2.05) is 18.2 Å². The van der Waals surface area contributed by atoms with Crippen molar-refractivity contribution in [3.63, 3.8) is 0 Å². The number of nitrogens with zero attached hydrogens (tertiary/aromatic N) is 2. The van der Waals surface area contributed by atoms with Gasteiger partial charge in [0.25, 0.3) is 0 Å². The van der Waals surface area contributed by atoms with E-state index in [4.69, 9.17) is 11.6 Å². The summed E-state index contributed by atoms with van der Waals surface area (Å²) >= 11 is 7.25. The van der Waals surface area contributed by atoms with Gasteiger partial charge in [-0.2, -0.15) is 4.31 Å². The van der Waals surface area contributed by atoms with E-state index in [0.717, 1.165) is 29.7 Å². The summed E-state index contributed by atoms with van der Waals surface area (Å²) in [5.41, 5.74) is 1.49. The predicted molar refractivity (Wildman–Crippen MR) is 120 cm³/mol. The molecule has 1 aliphatic rings. The molecule has 1 aliphatic carbocycles. The largest absolute Gasteiger partial charge is 0.391 e. The molecule has 1 saturated carbocycles. The SMILES string of the molecule is CN([C@@H]1CCCC[C@H]1O)S(=O)(=O)c1ccc2c(c1)sc(=O)n2Cc1ccccc1Cl. The van der Waals surface area contributed by atoms with Gasteiger partial charge in [-0.3, -0.25) is 9.36 Å². The molecule has 9 heteroatoms. The summed E-state index contributed by atoms with van der Waals surface area (Å²) in [5.74, 6) is 0. The third-order valence-electron chi connectivity index (χ3n) is 5.76. The average Bonchev–Trinajstić information content (AvgIpc) is 3.04. The van der Waals surface area contributed by atoms with Crippen molar-refractivity contribution in [2.45, 2.75) is 49.3 Å². The predicted octanol–water partition coefficient (Wildman–Crippen LogP) is 3.69. The van der Waals surface area contributed by atoms with Gasteiger partial charge in [0.2, 0.25) is 10.0 Å². The Morgan fingerprint density at radius 2 is 1.93 bits per heavy atom. The van der Waals surface area contributed by atoms with E-state index >= 15 is 0 Å². The van der Waals surface area contributed by atoms with Crippen molar-refractivity contribution < 1.29 is 13.5 Å². The molecule has 30 heavy (non-hydrogen) atoms. The molecule has 1 aromatic heterocycles. The number of aliphatic hydroxyl groups excluding tert-OH is 1. The molecule has 160 valence electrons. The van der Waals surface area contributed by atoms with Gasteiger partial charge in [-0.05, 0) is 42.7 Å². The third-order valence-corrected chi connectivity index (χ3v) is 8.95. The molecular weight excluding hydrogens is 444 g/mol. The number of fused-ring (bicyclic) bond motifs is 1. The number of hydrogen-bond donors (Lipinski definition) is 1. The fraction of sp³-hybridized carbons (Fsp3) is 0.381. The molecule has 0 bridgehead atoms. The number of aliphatic hydroxyl groups is 1. The van der Waals surface area contributed by atoms with Crippen LogP contribution >= 0.6 is 22.9 Å². The highest BCUT2D eigenvalue weighted by atomic mass is 35.5. The monoisotopic (exact) mass is 466 g/mol. The molecular formula is C21H23ClN2O4S2. The van der Waals surface area contributed by atoms with E-state index < -0.39 is 22.2 Å². The highest BCUT2D eigenvalue weighted by Crippen LogP contribution is 2.29. The Morgan fingerprint density at radius 1 is 1.20 bits per heavy atom. The zero-order valence-corrected chi connectivity index (χ0v) is 18.9. The third kappa shape index (κ3) is 3.94. The van der Waals surface area contributed by atoms with Crippen LogP contribution in [0, 0.1) is 0 Å². The number of sulfonamides is 1. The molecule has 1 N–H and O–H groups in total. The van der Waals surface area contributed by atoms with Crippen LogP contribution in [0.1, 0.15) is 31.2 Å². The molecule has 1 heterocycles. The van der Waals surface area contributed by atoms with E-state index in [9.17, 15) is 18.3 Å². The van der Waals surface area contributed by atoms with Gasteiger partial charge in [0.1, 0.15) is 0 Å². The van der Waals surface area contributed by atoms with Crippen molar-refractivity contribution in [1.29, 1.82) is 0 Å². The topological polar surface area (TPSA) is 79.6 Å². The minimum absolute atomic E-state index is 0.126. The number of benzene rings is 2. The standard InChI is InChI=1S/C21H23ClN2O4S2/c1-23(17-8-4-5-9-19(17)25)30(27,28)15-10-11-18-20(12-15)29-21(26)24(18)13-14-6-2-3-7-16(14)22/h2-3,6-7,10-12,17,19,25H,4-5,8-9,13H2,1H3/t17-,19-/m1/s1. The Hall–Kier alpha value is -1.71. The Balaban J connectivity index is 1.69. The maximum Gasteiger partial charge on any atom is 0.308 e. The van der Waals surface area contributed by atoms with Crippen LogP contribution in [0.25, 0.3) is 10.2 Å². The van der Waals surface area contributed by atoms with Gasteiger partial charge in [-0.25, -0.2) is 8.42 Å². The van der Waals surface area contributed by atoms with Crippen molar-refractivity contribution in [2.75, 3.05) is 7.05 Å². The summed E-state index contributed by atoms with van der Waals surface area (Å²) in [6, 6.07) is 11.6. The number of thiazole rings is 1. The van der Waals surface area contributed by atoms with Crippen LogP contribution in [0.2, 0.25) is 5.02 Å². The Morgan fingerprint density at radius 3 is 2.67 bits per heavy atom. The van der Waals surface area contributed by atoms with Crippen molar-refractivity contribution >= 4 is 43.2 Å². The molecule has 0 spiro atoms. The molecule has 0 radical (unpaired) electrons. The lowest BCUT2D eigenvalue weighted by Gasteiger charge is -2.34. The lowest BCUT2D eigenvalue weighted by Crippen LogP contribution is -2.46. The van der Waals surface area contributed by atoms with Crippen LogP contribution in [0.15, 0.2) is 52.2 Å². The van der Waals surface area contributed by atoms with Crippen molar-refractivity contribution in [3.8, 4) is 0 Å². The highest BCUT2D eigenvalue weighted by Gasteiger charge is 2.34.